The van der Waals surface area contributed by atoms with Crippen molar-refractivity contribution < 1.29 is 8.78 Å². The first-order valence-electron chi connectivity index (χ1n) is 8.18. The standard InChI is InChI=1S/C16H25F2N3O2/c1-10(2)21-14(22)9-13(20-15(21)23)19-11(3)8-12-4-6-16(17,18)7-5-12/h9-12,19H,4-8H2,1-3H3,(H,20,23). The summed E-state index contributed by atoms with van der Waals surface area (Å²) in [7, 11) is 0. The Morgan fingerprint density at radius 2 is 1.91 bits per heavy atom. The number of hydrogen-bond donors (Lipinski definition) is 2. The molecule has 1 aliphatic carbocycles. The Bertz CT molecular complexity index is 610. The first kappa shape index (κ1) is 17.7. The van der Waals surface area contributed by atoms with Gasteiger partial charge < -0.3 is 5.32 Å². The zero-order valence-electron chi connectivity index (χ0n) is 13.9. The van der Waals surface area contributed by atoms with E-state index in [0.29, 0.717) is 18.7 Å². The third-order valence-electron chi connectivity index (χ3n) is 4.41. The molecule has 0 bridgehead atoms. The van der Waals surface area contributed by atoms with Crippen LogP contribution in [-0.4, -0.2) is 21.5 Å². The van der Waals surface area contributed by atoms with Gasteiger partial charge in [-0.3, -0.25) is 14.3 Å². The van der Waals surface area contributed by atoms with E-state index in [-0.39, 0.29) is 36.4 Å². The molecule has 0 amide bonds. The highest BCUT2D eigenvalue weighted by Crippen LogP contribution is 2.37. The van der Waals surface area contributed by atoms with Crippen molar-refractivity contribution in [1.29, 1.82) is 0 Å². The van der Waals surface area contributed by atoms with Crippen LogP contribution in [0.2, 0.25) is 0 Å². The molecule has 1 saturated carbocycles. The van der Waals surface area contributed by atoms with Crippen LogP contribution in [0.4, 0.5) is 14.6 Å². The molecule has 1 fully saturated rings. The lowest BCUT2D eigenvalue weighted by Gasteiger charge is -2.30. The summed E-state index contributed by atoms with van der Waals surface area (Å²) in [5.41, 5.74) is -0.796. The second kappa shape index (κ2) is 6.84. The van der Waals surface area contributed by atoms with Gasteiger partial charge in [0.2, 0.25) is 5.92 Å². The van der Waals surface area contributed by atoms with E-state index in [1.165, 1.54) is 6.07 Å². The van der Waals surface area contributed by atoms with E-state index in [1.807, 2.05) is 6.92 Å². The summed E-state index contributed by atoms with van der Waals surface area (Å²) in [5, 5.41) is 3.10. The zero-order chi connectivity index (χ0) is 17.2. The molecule has 1 aromatic rings. The number of nitrogens with zero attached hydrogens (tertiary/aromatic N) is 1. The van der Waals surface area contributed by atoms with Gasteiger partial charge in [-0.2, -0.15) is 0 Å². The predicted octanol–water partition coefficient (Wildman–Crippen LogP) is 3.13. The van der Waals surface area contributed by atoms with Crippen LogP contribution in [0.1, 0.15) is 58.9 Å². The van der Waals surface area contributed by atoms with Gasteiger partial charge in [-0.25, -0.2) is 13.6 Å². The van der Waals surface area contributed by atoms with Gasteiger partial charge >= 0.3 is 5.69 Å². The summed E-state index contributed by atoms with van der Waals surface area (Å²) < 4.78 is 27.5. The number of halogens is 2. The second-order valence-electron chi connectivity index (χ2n) is 6.87. The number of aromatic amines is 1. The lowest BCUT2D eigenvalue weighted by molar-refractivity contribution is -0.0468. The highest BCUT2D eigenvalue weighted by atomic mass is 19.3. The van der Waals surface area contributed by atoms with Crippen LogP contribution < -0.4 is 16.6 Å². The van der Waals surface area contributed by atoms with E-state index >= 15 is 0 Å². The molecule has 130 valence electrons. The molecule has 1 unspecified atom stereocenters. The first-order chi connectivity index (χ1) is 10.7. The Morgan fingerprint density at radius 1 is 1.30 bits per heavy atom. The Kier molecular flexibility index (Phi) is 5.26. The molecule has 0 radical (unpaired) electrons. The van der Waals surface area contributed by atoms with Crippen molar-refractivity contribution in [3.63, 3.8) is 0 Å². The summed E-state index contributed by atoms with van der Waals surface area (Å²) in [5.74, 6) is -1.88. The molecule has 5 nitrogen and oxygen atoms in total. The Morgan fingerprint density at radius 3 is 2.43 bits per heavy atom. The van der Waals surface area contributed by atoms with Gasteiger partial charge in [0.1, 0.15) is 5.82 Å². The molecule has 2 N–H and O–H groups in total. The normalized spacial score (nSPS) is 19.7. The van der Waals surface area contributed by atoms with Crippen LogP contribution in [0, 0.1) is 5.92 Å². The number of rotatable bonds is 5. The van der Waals surface area contributed by atoms with E-state index in [1.54, 1.807) is 13.8 Å². The minimum absolute atomic E-state index is 0.00308. The van der Waals surface area contributed by atoms with Gasteiger partial charge in [0, 0.05) is 31.0 Å². The molecule has 1 aromatic heterocycles. The third-order valence-corrected chi connectivity index (χ3v) is 4.41. The monoisotopic (exact) mass is 329 g/mol. The molecule has 23 heavy (non-hydrogen) atoms. The van der Waals surface area contributed by atoms with Gasteiger partial charge in [-0.1, -0.05) is 0 Å². The van der Waals surface area contributed by atoms with Gasteiger partial charge in [-0.05, 0) is 46.0 Å². The summed E-state index contributed by atoms with van der Waals surface area (Å²) in [6.45, 7) is 5.47. The van der Waals surface area contributed by atoms with Crippen LogP contribution in [0.3, 0.4) is 0 Å². The van der Waals surface area contributed by atoms with E-state index < -0.39 is 11.6 Å². The Hall–Kier alpha value is -1.66. The van der Waals surface area contributed by atoms with Crippen LogP contribution in [0.5, 0.6) is 0 Å². The molecular formula is C16H25F2N3O2. The first-order valence-corrected chi connectivity index (χ1v) is 8.18. The number of alkyl halides is 2. The Labute approximate surface area is 134 Å². The predicted molar refractivity (Wildman–Crippen MR) is 86.3 cm³/mol. The SMILES string of the molecule is CC(CC1CCC(F)(F)CC1)Nc1cc(=O)n(C(C)C)c(=O)[nH]1. The van der Waals surface area contributed by atoms with E-state index in [4.69, 9.17) is 0 Å². The van der Waals surface area contributed by atoms with Crippen LogP contribution in [-0.2, 0) is 0 Å². The quantitative estimate of drug-likeness (QED) is 0.872. The van der Waals surface area contributed by atoms with E-state index in [0.717, 1.165) is 11.0 Å². The fraction of sp³-hybridized carbons (Fsp3) is 0.750. The van der Waals surface area contributed by atoms with Crippen molar-refractivity contribution in [2.24, 2.45) is 5.92 Å². The lowest BCUT2D eigenvalue weighted by Crippen LogP contribution is -2.37. The average molecular weight is 329 g/mol. The maximum Gasteiger partial charge on any atom is 0.330 e. The fourth-order valence-corrected chi connectivity index (χ4v) is 3.23. The summed E-state index contributed by atoms with van der Waals surface area (Å²) in [4.78, 5) is 26.5. The van der Waals surface area contributed by atoms with Gasteiger partial charge in [0.05, 0.1) is 0 Å². The molecule has 0 saturated heterocycles. The van der Waals surface area contributed by atoms with Crippen LogP contribution in [0.25, 0.3) is 0 Å². The smallest absolute Gasteiger partial charge is 0.330 e. The largest absolute Gasteiger partial charge is 0.369 e. The summed E-state index contributed by atoms with van der Waals surface area (Å²) >= 11 is 0. The topological polar surface area (TPSA) is 66.9 Å². The van der Waals surface area contributed by atoms with Crippen molar-refractivity contribution in [3.8, 4) is 0 Å². The third kappa shape index (κ3) is 4.65. The number of anilines is 1. The molecule has 7 heteroatoms. The minimum Gasteiger partial charge on any atom is -0.369 e. The maximum absolute atomic E-state index is 13.2. The number of H-pyrrole nitrogens is 1. The van der Waals surface area contributed by atoms with Crippen molar-refractivity contribution >= 4 is 5.82 Å². The highest BCUT2D eigenvalue weighted by Gasteiger charge is 2.35. The fourth-order valence-electron chi connectivity index (χ4n) is 3.23. The molecule has 0 aliphatic heterocycles. The van der Waals surface area contributed by atoms with Gasteiger partial charge in [0.15, 0.2) is 0 Å². The summed E-state index contributed by atoms with van der Waals surface area (Å²) in [6, 6.07) is 1.16. The number of hydrogen-bond acceptors (Lipinski definition) is 3. The maximum atomic E-state index is 13.2. The Balaban J connectivity index is 1.97. The highest BCUT2D eigenvalue weighted by molar-refractivity contribution is 5.33. The molecular weight excluding hydrogens is 304 g/mol. The van der Waals surface area contributed by atoms with E-state index in [9.17, 15) is 18.4 Å². The minimum atomic E-state index is -2.51. The molecule has 1 heterocycles. The van der Waals surface area contributed by atoms with Crippen LogP contribution in [0.15, 0.2) is 15.7 Å². The molecule has 0 spiro atoms. The molecule has 1 aliphatic rings. The number of nitrogens with one attached hydrogen (secondary N) is 2. The summed E-state index contributed by atoms with van der Waals surface area (Å²) in [6.07, 6.45) is 1.68. The van der Waals surface area contributed by atoms with Crippen molar-refractivity contribution in [2.45, 2.75) is 70.9 Å². The van der Waals surface area contributed by atoms with Gasteiger partial charge in [0.25, 0.3) is 5.56 Å². The van der Waals surface area contributed by atoms with Crippen molar-refractivity contribution in [2.75, 3.05) is 5.32 Å². The molecule has 0 aromatic carbocycles. The molecule has 2 rings (SSSR count). The zero-order valence-corrected chi connectivity index (χ0v) is 13.9. The molecule has 1 atom stereocenters. The van der Waals surface area contributed by atoms with Crippen molar-refractivity contribution in [3.05, 3.63) is 26.9 Å². The lowest BCUT2D eigenvalue weighted by atomic mass is 9.83. The second-order valence-corrected chi connectivity index (χ2v) is 6.87. The van der Waals surface area contributed by atoms with E-state index in [2.05, 4.69) is 10.3 Å². The van der Waals surface area contributed by atoms with Crippen molar-refractivity contribution in [1.82, 2.24) is 9.55 Å². The number of aromatic nitrogens is 2. The van der Waals surface area contributed by atoms with Gasteiger partial charge in [-0.15, -0.1) is 0 Å². The van der Waals surface area contributed by atoms with Crippen LogP contribution >= 0.6 is 0 Å². The average Bonchev–Trinajstić information content (AvgIpc) is 2.39.